The highest BCUT2D eigenvalue weighted by Crippen LogP contribution is 2.39. The van der Waals surface area contributed by atoms with Crippen molar-refractivity contribution in [2.45, 2.75) is 49.8 Å². The van der Waals surface area contributed by atoms with Gasteiger partial charge < -0.3 is 15.7 Å². The monoisotopic (exact) mass is 402 g/mol. The number of pyridine rings is 1. The first kappa shape index (κ1) is 18.6. The molecule has 3 aromatic heterocycles. The van der Waals surface area contributed by atoms with E-state index in [4.69, 9.17) is 0 Å². The van der Waals surface area contributed by atoms with E-state index in [0.29, 0.717) is 29.8 Å². The highest BCUT2D eigenvalue weighted by molar-refractivity contribution is 5.42. The molecule has 3 heterocycles. The lowest BCUT2D eigenvalue weighted by Gasteiger charge is -2.17. The van der Waals surface area contributed by atoms with Crippen molar-refractivity contribution in [1.82, 2.24) is 19.5 Å². The minimum Gasteiger partial charge on any atom is -0.391 e. The van der Waals surface area contributed by atoms with Crippen molar-refractivity contribution in [1.29, 1.82) is 0 Å². The van der Waals surface area contributed by atoms with Gasteiger partial charge >= 0.3 is 5.56 Å². The van der Waals surface area contributed by atoms with Crippen LogP contribution in [0.4, 0.5) is 11.8 Å². The molecule has 0 spiro atoms. The Bertz CT molecular complexity index is 1060. The van der Waals surface area contributed by atoms with Crippen LogP contribution in [0.3, 0.4) is 0 Å². The number of anilines is 2. The van der Waals surface area contributed by atoms with Gasteiger partial charge in [0.05, 0.1) is 24.0 Å². The lowest BCUT2D eigenvalue weighted by molar-refractivity contribution is 0.171. The summed E-state index contributed by atoms with van der Waals surface area (Å²) in [6.07, 6.45) is 10.3. The van der Waals surface area contributed by atoms with Gasteiger partial charge in [0.15, 0.2) is 0 Å². The predicted octanol–water partition coefficient (Wildman–Crippen LogP) is 1.92. The lowest BCUT2D eigenvalue weighted by Crippen LogP contribution is -2.28. The average molecular weight is 402 g/mol. The van der Waals surface area contributed by atoms with E-state index in [2.05, 4.69) is 37.7 Å². The van der Waals surface area contributed by atoms with Gasteiger partial charge in [0, 0.05) is 36.8 Å². The van der Waals surface area contributed by atoms with E-state index in [9.17, 15) is 9.90 Å². The smallest absolute Gasteiger partial charge is 0.307 e. The van der Waals surface area contributed by atoms with Crippen LogP contribution in [0.15, 0.2) is 47.8 Å². The van der Waals surface area contributed by atoms with Crippen molar-refractivity contribution in [2.24, 2.45) is 0 Å². The van der Waals surface area contributed by atoms with Gasteiger partial charge in [0.25, 0.3) is 0 Å². The summed E-state index contributed by atoms with van der Waals surface area (Å²) in [5.74, 6) is 1.88. The SMILES string of the molecule is O=c1c#cccn1-c1ccc(N[C@H]2C[C@@H](Nc3ncc(C4CC4)cn3)C[C@H]2O)nc1. The average Bonchev–Trinajstić information content (AvgIpc) is 3.55. The van der Waals surface area contributed by atoms with Crippen molar-refractivity contribution >= 4 is 11.8 Å². The van der Waals surface area contributed by atoms with Crippen LogP contribution in [0.25, 0.3) is 5.69 Å². The molecule has 8 nitrogen and oxygen atoms in total. The summed E-state index contributed by atoms with van der Waals surface area (Å²) in [7, 11) is 0. The third kappa shape index (κ3) is 3.98. The van der Waals surface area contributed by atoms with Crippen molar-refractivity contribution < 1.29 is 5.11 Å². The minimum atomic E-state index is -0.503. The Hall–Kier alpha value is -3.44. The van der Waals surface area contributed by atoms with E-state index in [-0.39, 0.29) is 17.6 Å². The Morgan fingerprint density at radius 1 is 1.07 bits per heavy atom. The molecule has 0 bridgehead atoms. The molecule has 2 aliphatic rings. The number of hydrogen-bond acceptors (Lipinski definition) is 7. The van der Waals surface area contributed by atoms with Crippen molar-refractivity contribution in [3.8, 4) is 5.69 Å². The van der Waals surface area contributed by atoms with Crippen LogP contribution in [0.2, 0.25) is 0 Å². The first-order chi connectivity index (χ1) is 14.7. The molecule has 0 radical (unpaired) electrons. The topological polar surface area (TPSA) is 105 Å². The Balaban J connectivity index is 1.20. The lowest BCUT2D eigenvalue weighted by atomic mass is 10.2. The van der Waals surface area contributed by atoms with Crippen LogP contribution in [0, 0.1) is 12.1 Å². The normalized spacial score (nSPS) is 23.0. The second-order valence-electron chi connectivity index (χ2n) is 7.91. The summed E-state index contributed by atoms with van der Waals surface area (Å²) in [5, 5.41) is 17.1. The van der Waals surface area contributed by atoms with E-state index in [1.165, 1.54) is 23.0 Å². The molecule has 5 rings (SSSR count). The predicted molar refractivity (Wildman–Crippen MR) is 112 cm³/mol. The highest BCUT2D eigenvalue weighted by atomic mass is 16.3. The van der Waals surface area contributed by atoms with E-state index in [1.807, 2.05) is 12.4 Å². The van der Waals surface area contributed by atoms with E-state index in [0.717, 1.165) is 6.42 Å². The molecule has 8 heteroatoms. The first-order valence-corrected chi connectivity index (χ1v) is 10.2. The zero-order valence-corrected chi connectivity index (χ0v) is 16.3. The molecular weight excluding hydrogens is 380 g/mol. The van der Waals surface area contributed by atoms with Crippen LogP contribution >= 0.6 is 0 Å². The van der Waals surface area contributed by atoms with Crippen LogP contribution in [0.1, 0.15) is 37.2 Å². The summed E-state index contributed by atoms with van der Waals surface area (Å²) in [5.41, 5.74) is 1.57. The molecule has 2 aliphatic carbocycles. The number of nitrogens with one attached hydrogen (secondary N) is 2. The number of aromatic nitrogens is 4. The zero-order valence-electron chi connectivity index (χ0n) is 16.3. The number of aliphatic hydroxyl groups is 1. The van der Waals surface area contributed by atoms with Crippen molar-refractivity contribution in [2.75, 3.05) is 10.6 Å². The number of hydrogen-bond donors (Lipinski definition) is 3. The number of nitrogens with zero attached hydrogens (tertiary/aromatic N) is 4. The molecule has 2 fully saturated rings. The van der Waals surface area contributed by atoms with Gasteiger partial charge in [0.2, 0.25) is 5.95 Å². The minimum absolute atomic E-state index is 0.0817. The maximum absolute atomic E-state index is 11.8. The van der Waals surface area contributed by atoms with Crippen LogP contribution in [-0.4, -0.2) is 42.8 Å². The van der Waals surface area contributed by atoms with Crippen molar-refractivity contribution in [3.05, 3.63) is 71.0 Å². The van der Waals surface area contributed by atoms with Gasteiger partial charge in [-0.25, -0.2) is 15.0 Å². The molecule has 0 amide bonds. The molecule has 0 saturated heterocycles. The molecule has 3 atom stereocenters. The maximum Gasteiger partial charge on any atom is 0.307 e. The molecule has 152 valence electrons. The number of aliphatic hydroxyl groups excluding tert-OH is 1. The molecule has 2 saturated carbocycles. The zero-order chi connectivity index (χ0) is 20.5. The molecule has 3 aromatic rings. The Labute approximate surface area is 174 Å². The molecule has 30 heavy (non-hydrogen) atoms. The van der Waals surface area contributed by atoms with Gasteiger partial charge in [-0.15, -0.1) is 0 Å². The Kier molecular flexibility index (Phi) is 4.81. The summed E-state index contributed by atoms with van der Waals surface area (Å²) >= 11 is 0. The van der Waals surface area contributed by atoms with E-state index < -0.39 is 6.10 Å². The second kappa shape index (κ2) is 7.76. The highest BCUT2D eigenvalue weighted by Gasteiger charge is 2.33. The molecule has 0 aromatic carbocycles. The van der Waals surface area contributed by atoms with Gasteiger partial charge in [-0.05, 0) is 49.3 Å². The second-order valence-corrected chi connectivity index (χ2v) is 7.91. The third-order valence-electron chi connectivity index (χ3n) is 5.65. The molecule has 0 aliphatic heterocycles. The fourth-order valence-electron chi connectivity index (χ4n) is 3.86. The van der Waals surface area contributed by atoms with Crippen LogP contribution < -0.4 is 16.2 Å². The largest absolute Gasteiger partial charge is 0.391 e. The van der Waals surface area contributed by atoms with Crippen LogP contribution in [-0.2, 0) is 0 Å². The van der Waals surface area contributed by atoms with Gasteiger partial charge in [-0.2, -0.15) is 0 Å². The fourth-order valence-corrected chi connectivity index (χ4v) is 3.86. The van der Waals surface area contributed by atoms with E-state index in [1.54, 1.807) is 30.6 Å². The molecular formula is C22H22N6O2. The fraction of sp³-hybridized carbons (Fsp3) is 0.364. The van der Waals surface area contributed by atoms with Crippen LogP contribution in [0.5, 0.6) is 0 Å². The van der Waals surface area contributed by atoms with E-state index >= 15 is 0 Å². The van der Waals surface area contributed by atoms with Gasteiger partial charge in [0.1, 0.15) is 5.82 Å². The molecule has 3 N–H and O–H groups in total. The van der Waals surface area contributed by atoms with Gasteiger partial charge in [-0.1, -0.05) is 6.07 Å². The Morgan fingerprint density at radius 2 is 1.90 bits per heavy atom. The van der Waals surface area contributed by atoms with Gasteiger partial charge in [-0.3, -0.25) is 9.36 Å². The number of rotatable bonds is 6. The Morgan fingerprint density at radius 3 is 2.60 bits per heavy atom. The quantitative estimate of drug-likeness (QED) is 0.578. The summed E-state index contributed by atoms with van der Waals surface area (Å²) in [4.78, 5) is 25.1. The standard InChI is InChI=1S/C22H22N6O2/c29-19-10-16(26-22-24-11-15(12-25-22)14-4-5-14)9-18(19)27-20-7-6-17(13-23-20)28-8-2-1-3-21(28)30/h2,6-8,11-14,16,18-19,29H,4-5,9-10H2,(H,23,27)(H,24,25,26)/t16-,18+,19-/m1/s1. The van der Waals surface area contributed by atoms with Crippen molar-refractivity contribution in [3.63, 3.8) is 0 Å². The summed E-state index contributed by atoms with van der Waals surface area (Å²) in [6, 6.07) is 10.3. The summed E-state index contributed by atoms with van der Waals surface area (Å²) < 4.78 is 1.45. The third-order valence-corrected chi connectivity index (χ3v) is 5.65. The maximum atomic E-state index is 11.8. The summed E-state index contributed by atoms with van der Waals surface area (Å²) in [6.45, 7) is 0. The molecule has 0 unspecified atom stereocenters. The first-order valence-electron chi connectivity index (χ1n) is 10.2.